The van der Waals surface area contributed by atoms with Gasteiger partial charge in [0.05, 0.1) is 12.4 Å². The van der Waals surface area contributed by atoms with Gasteiger partial charge in [0.25, 0.3) is 0 Å². The van der Waals surface area contributed by atoms with E-state index in [0.717, 1.165) is 4.31 Å². The third-order valence-corrected chi connectivity index (χ3v) is 3.71. The molecule has 0 aliphatic heterocycles. The normalized spacial score (nSPS) is 14.1. The number of hydrogen-bond acceptors (Lipinski definition) is 5. The summed E-state index contributed by atoms with van der Waals surface area (Å²) in [6, 6.07) is -1.40. The molecule has 0 amide bonds. The quantitative estimate of drug-likeness (QED) is 0.549. The number of carboxylic acid groups (broad SMARTS) is 1. The minimum atomic E-state index is -3.63. The lowest BCUT2D eigenvalue weighted by atomic mass is 10.4. The fourth-order valence-corrected chi connectivity index (χ4v) is 1.99. The van der Waals surface area contributed by atoms with Gasteiger partial charge in [-0.2, -0.15) is 0 Å². The van der Waals surface area contributed by atoms with Crippen LogP contribution in [0.4, 0.5) is 0 Å². The second-order valence-corrected chi connectivity index (χ2v) is 5.16. The molecule has 0 fully saturated rings. The standard InChI is InChI=1S/C7H16N2O5S/c1-9(3-4-14-2)15(12,13)5-6(8)7(10)11/h6H,3-5,8H2,1-2H3,(H,10,11). The van der Waals surface area contributed by atoms with E-state index in [-0.39, 0.29) is 13.2 Å². The molecule has 0 aliphatic rings. The minimum Gasteiger partial charge on any atom is -0.480 e. The Morgan fingerprint density at radius 2 is 2.13 bits per heavy atom. The summed E-state index contributed by atoms with van der Waals surface area (Å²) in [5.41, 5.74) is 5.13. The van der Waals surface area contributed by atoms with E-state index in [1.54, 1.807) is 0 Å². The molecule has 0 bridgehead atoms. The van der Waals surface area contributed by atoms with Crippen molar-refractivity contribution in [1.29, 1.82) is 0 Å². The second-order valence-electron chi connectivity index (χ2n) is 3.04. The second kappa shape index (κ2) is 6.01. The molecular weight excluding hydrogens is 224 g/mol. The molecule has 0 saturated carbocycles. The van der Waals surface area contributed by atoms with E-state index < -0.39 is 27.8 Å². The number of ether oxygens (including phenoxy) is 1. The number of nitrogens with zero attached hydrogens (tertiary/aromatic N) is 1. The van der Waals surface area contributed by atoms with Crippen molar-refractivity contribution in [2.75, 3.05) is 33.1 Å². The molecule has 0 radical (unpaired) electrons. The Bertz CT molecular complexity index is 303. The maximum absolute atomic E-state index is 11.5. The first-order valence-electron chi connectivity index (χ1n) is 4.22. The van der Waals surface area contributed by atoms with Gasteiger partial charge in [-0.3, -0.25) is 4.79 Å². The molecule has 0 rings (SSSR count). The van der Waals surface area contributed by atoms with Gasteiger partial charge >= 0.3 is 5.97 Å². The lowest BCUT2D eigenvalue weighted by Gasteiger charge is -2.17. The Morgan fingerprint density at radius 1 is 1.60 bits per heavy atom. The fraction of sp³-hybridized carbons (Fsp3) is 0.857. The van der Waals surface area contributed by atoms with E-state index in [1.807, 2.05) is 0 Å². The number of likely N-dealkylation sites (N-methyl/N-ethyl adjacent to an activating group) is 1. The summed E-state index contributed by atoms with van der Waals surface area (Å²) in [7, 11) is -0.831. The summed E-state index contributed by atoms with van der Waals surface area (Å²) >= 11 is 0. The van der Waals surface area contributed by atoms with Crippen LogP contribution in [0.2, 0.25) is 0 Å². The van der Waals surface area contributed by atoms with Gasteiger partial charge in [-0.1, -0.05) is 0 Å². The number of nitrogens with two attached hydrogens (primary N) is 1. The predicted octanol–water partition coefficient (Wildman–Crippen LogP) is -1.69. The zero-order valence-electron chi connectivity index (χ0n) is 8.71. The number of carbonyl (C=O) groups is 1. The van der Waals surface area contributed by atoms with E-state index in [0.29, 0.717) is 0 Å². The van der Waals surface area contributed by atoms with Gasteiger partial charge < -0.3 is 15.6 Å². The van der Waals surface area contributed by atoms with Crippen molar-refractivity contribution in [1.82, 2.24) is 4.31 Å². The fourth-order valence-electron chi connectivity index (χ4n) is 0.784. The molecule has 0 aromatic rings. The molecule has 90 valence electrons. The van der Waals surface area contributed by atoms with Gasteiger partial charge in [-0.05, 0) is 0 Å². The summed E-state index contributed by atoms with van der Waals surface area (Å²) in [5.74, 6) is -1.94. The smallest absolute Gasteiger partial charge is 0.321 e. The average molecular weight is 240 g/mol. The number of carboxylic acids is 1. The van der Waals surface area contributed by atoms with Crippen LogP contribution in [0.25, 0.3) is 0 Å². The number of sulfonamides is 1. The van der Waals surface area contributed by atoms with Gasteiger partial charge in [0.15, 0.2) is 0 Å². The Labute approximate surface area is 88.9 Å². The lowest BCUT2D eigenvalue weighted by Crippen LogP contribution is -2.42. The molecule has 1 unspecified atom stereocenters. The Hall–Kier alpha value is -0.700. The zero-order valence-corrected chi connectivity index (χ0v) is 9.53. The predicted molar refractivity (Wildman–Crippen MR) is 53.9 cm³/mol. The Morgan fingerprint density at radius 3 is 2.53 bits per heavy atom. The van der Waals surface area contributed by atoms with Crippen molar-refractivity contribution in [3.05, 3.63) is 0 Å². The number of rotatable bonds is 7. The SMILES string of the molecule is COCCN(C)S(=O)(=O)CC(N)C(=O)O. The van der Waals surface area contributed by atoms with Crippen LogP contribution >= 0.6 is 0 Å². The van der Waals surface area contributed by atoms with Gasteiger partial charge in [0.1, 0.15) is 6.04 Å². The molecular formula is C7H16N2O5S. The summed E-state index contributed by atoms with van der Waals surface area (Å²) in [4.78, 5) is 10.4. The van der Waals surface area contributed by atoms with E-state index in [4.69, 9.17) is 15.6 Å². The van der Waals surface area contributed by atoms with Crippen molar-refractivity contribution >= 4 is 16.0 Å². The highest BCUT2D eigenvalue weighted by Crippen LogP contribution is 1.99. The highest BCUT2D eigenvalue weighted by atomic mass is 32.2. The van der Waals surface area contributed by atoms with Crippen molar-refractivity contribution in [2.24, 2.45) is 5.73 Å². The van der Waals surface area contributed by atoms with Crippen molar-refractivity contribution in [3.8, 4) is 0 Å². The zero-order chi connectivity index (χ0) is 12.1. The molecule has 7 nitrogen and oxygen atoms in total. The average Bonchev–Trinajstić information content (AvgIpc) is 2.13. The molecule has 8 heteroatoms. The summed E-state index contributed by atoms with van der Waals surface area (Å²) in [6.07, 6.45) is 0. The highest BCUT2D eigenvalue weighted by molar-refractivity contribution is 7.89. The maximum atomic E-state index is 11.5. The molecule has 0 saturated heterocycles. The Balaban J connectivity index is 4.35. The van der Waals surface area contributed by atoms with Crippen molar-refractivity contribution in [2.45, 2.75) is 6.04 Å². The molecule has 0 heterocycles. The molecule has 1 atom stereocenters. The molecule has 0 aliphatic carbocycles. The summed E-state index contributed by atoms with van der Waals surface area (Å²) < 4.78 is 28.7. The van der Waals surface area contributed by atoms with E-state index in [1.165, 1.54) is 14.2 Å². The highest BCUT2D eigenvalue weighted by Gasteiger charge is 2.24. The van der Waals surface area contributed by atoms with Crippen molar-refractivity contribution in [3.63, 3.8) is 0 Å². The third kappa shape index (κ3) is 5.07. The van der Waals surface area contributed by atoms with E-state index in [2.05, 4.69) is 0 Å². The van der Waals surface area contributed by atoms with Crippen LogP contribution in [0.1, 0.15) is 0 Å². The van der Waals surface area contributed by atoms with Crippen LogP contribution in [-0.4, -0.2) is 62.9 Å². The first kappa shape index (κ1) is 14.3. The van der Waals surface area contributed by atoms with Crippen molar-refractivity contribution < 1.29 is 23.1 Å². The van der Waals surface area contributed by atoms with Gasteiger partial charge in [-0.25, -0.2) is 12.7 Å². The largest absolute Gasteiger partial charge is 0.480 e. The third-order valence-electron chi connectivity index (χ3n) is 1.79. The molecule has 3 N–H and O–H groups in total. The Kier molecular flexibility index (Phi) is 5.73. The lowest BCUT2D eigenvalue weighted by molar-refractivity contribution is -0.137. The topological polar surface area (TPSA) is 110 Å². The van der Waals surface area contributed by atoms with E-state index in [9.17, 15) is 13.2 Å². The van der Waals surface area contributed by atoms with Gasteiger partial charge in [0.2, 0.25) is 10.0 Å². The summed E-state index contributed by atoms with van der Waals surface area (Å²) in [5, 5.41) is 8.47. The number of aliphatic carboxylic acids is 1. The minimum absolute atomic E-state index is 0.172. The molecule has 15 heavy (non-hydrogen) atoms. The molecule has 0 aromatic heterocycles. The van der Waals surface area contributed by atoms with Crippen LogP contribution in [0.3, 0.4) is 0 Å². The van der Waals surface area contributed by atoms with Crippen LogP contribution in [0, 0.1) is 0 Å². The number of hydrogen-bond donors (Lipinski definition) is 2. The van der Waals surface area contributed by atoms with Gasteiger partial charge in [0, 0.05) is 20.7 Å². The van der Waals surface area contributed by atoms with Gasteiger partial charge in [-0.15, -0.1) is 0 Å². The van der Waals surface area contributed by atoms with Crippen LogP contribution in [0.5, 0.6) is 0 Å². The molecule has 0 aromatic carbocycles. The summed E-state index contributed by atoms with van der Waals surface area (Å²) in [6.45, 7) is 0.420. The van der Waals surface area contributed by atoms with E-state index >= 15 is 0 Å². The molecule has 0 spiro atoms. The van der Waals surface area contributed by atoms with Crippen LogP contribution in [-0.2, 0) is 19.6 Å². The first-order valence-corrected chi connectivity index (χ1v) is 5.83. The van der Waals surface area contributed by atoms with Crippen LogP contribution < -0.4 is 5.73 Å². The first-order chi connectivity index (χ1) is 6.81. The number of methoxy groups -OCH3 is 1. The maximum Gasteiger partial charge on any atom is 0.321 e. The monoisotopic (exact) mass is 240 g/mol. The van der Waals surface area contributed by atoms with Crippen LogP contribution in [0.15, 0.2) is 0 Å².